The molecule has 1 saturated heterocycles. The molecular weight excluding hydrogens is 440 g/mol. The van der Waals surface area contributed by atoms with Crippen LogP contribution in [0.2, 0.25) is 19.6 Å². The number of carbonyl (C=O) groups excluding carboxylic acids is 1. The van der Waals surface area contributed by atoms with Gasteiger partial charge in [0.2, 0.25) is 0 Å². The molecule has 1 fully saturated rings. The first-order valence-corrected chi connectivity index (χ1v) is 15.1. The zero-order valence-electron chi connectivity index (χ0n) is 17.0. The predicted molar refractivity (Wildman–Crippen MR) is 109 cm³/mol. The summed E-state index contributed by atoms with van der Waals surface area (Å²) in [6, 6.07) is 0. The highest BCUT2D eigenvalue weighted by Crippen LogP contribution is 2.43. The second-order valence-electron chi connectivity index (χ2n) is 8.64. The van der Waals surface area contributed by atoms with Gasteiger partial charge in [-0.05, 0) is 32.5 Å². The summed E-state index contributed by atoms with van der Waals surface area (Å²) in [7, 11) is -5.71. The number of hydrogen-bond acceptors (Lipinski definition) is 6. The number of hydrogen-bond donors (Lipinski definition) is 0. The van der Waals surface area contributed by atoms with Gasteiger partial charge in [-0.1, -0.05) is 36.7 Å². The molecule has 9 heteroatoms. The van der Waals surface area contributed by atoms with Gasteiger partial charge in [0.25, 0.3) is 10.1 Å². The van der Waals surface area contributed by atoms with Crippen molar-refractivity contribution in [2.45, 2.75) is 70.0 Å². The minimum Gasteiger partial charge on any atom is -0.414 e. The summed E-state index contributed by atoms with van der Waals surface area (Å²) < 4.78 is 41.8. The fourth-order valence-electron chi connectivity index (χ4n) is 3.52. The summed E-state index contributed by atoms with van der Waals surface area (Å²) in [5.41, 5.74) is -0.856. The van der Waals surface area contributed by atoms with Crippen LogP contribution in [0, 0.1) is 17.8 Å². The highest BCUT2D eigenvalue weighted by molar-refractivity contribution is 9.09. The molecule has 0 N–H and O–H groups in total. The van der Waals surface area contributed by atoms with Crippen LogP contribution in [0.4, 0.5) is 0 Å². The van der Waals surface area contributed by atoms with E-state index in [1.165, 1.54) is 0 Å². The van der Waals surface area contributed by atoms with Gasteiger partial charge in [-0.2, -0.15) is 8.42 Å². The Kier molecular flexibility index (Phi) is 8.10. The average Bonchev–Trinajstić information content (AvgIpc) is 2.76. The molecule has 154 valence electrons. The Morgan fingerprint density at radius 3 is 2.19 bits per heavy atom. The highest BCUT2D eigenvalue weighted by atomic mass is 79.9. The zero-order chi connectivity index (χ0) is 20.5. The van der Waals surface area contributed by atoms with Gasteiger partial charge in [0.15, 0.2) is 8.32 Å². The van der Waals surface area contributed by atoms with Crippen LogP contribution < -0.4 is 0 Å². The van der Waals surface area contributed by atoms with E-state index in [1.807, 2.05) is 40.4 Å². The Labute approximate surface area is 167 Å². The van der Waals surface area contributed by atoms with Crippen LogP contribution in [-0.4, -0.2) is 58.5 Å². The lowest BCUT2D eigenvalue weighted by Gasteiger charge is -2.43. The van der Waals surface area contributed by atoms with Gasteiger partial charge in [-0.15, -0.1) is 0 Å². The summed E-state index contributed by atoms with van der Waals surface area (Å²) in [6.45, 7) is 14.2. The molecule has 0 bridgehead atoms. The Morgan fingerprint density at radius 1 is 1.31 bits per heavy atom. The van der Waals surface area contributed by atoms with E-state index < -0.39 is 42.2 Å². The molecule has 0 unspecified atom stereocenters. The molecule has 0 aromatic heterocycles. The maximum Gasteiger partial charge on any atom is 0.264 e. The van der Waals surface area contributed by atoms with Crippen molar-refractivity contribution in [1.82, 2.24) is 0 Å². The Morgan fingerprint density at radius 2 is 1.85 bits per heavy atom. The van der Waals surface area contributed by atoms with Gasteiger partial charge in [-0.3, -0.25) is 4.18 Å². The molecule has 0 spiro atoms. The SMILES string of the molecule is C[C@@H]([C@H](O[Si](C)(C)C)[C@H](C)C=O)[C@@H](OS(C)(=O)=O)[C@@]1(C)OC[C@@H](C)[C@@H]1Br. The summed E-state index contributed by atoms with van der Waals surface area (Å²) in [6.07, 6.45) is 0.651. The first kappa shape index (κ1) is 24.2. The van der Waals surface area contributed by atoms with E-state index >= 15 is 0 Å². The normalized spacial score (nSPS) is 32.0. The topological polar surface area (TPSA) is 78.9 Å². The zero-order valence-corrected chi connectivity index (χ0v) is 20.4. The Hall–Kier alpha value is 0.197. The lowest BCUT2D eigenvalue weighted by molar-refractivity contribution is -0.122. The van der Waals surface area contributed by atoms with Crippen molar-refractivity contribution in [1.29, 1.82) is 0 Å². The summed E-state index contributed by atoms with van der Waals surface area (Å²) in [5, 5.41) is 0. The van der Waals surface area contributed by atoms with E-state index in [4.69, 9.17) is 13.3 Å². The van der Waals surface area contributed by atoms with Crippen LogP contribution in [0.1, 0.15) is 27.7 Å². The van der Waals surface area contributed by atoms with Crippen molar-refractivity contribution in [3.05, 3.63) is 0 Å². The van der Waals surface area contributed by atoms with Gasteiger partial charge < -0.3 is 14.0 Å². The van der Waals surface area contributed by atoms with E-state index in [1.54, 1.807) is 6.92 Å². The third kappa shape index (κ3) is 6.10. The van der Waals surface area contributed by atoms with E-state index in [0.29, 0.717) is 6.61 Å². The molecule has 1 aliphatic heterocycles. The quantitative estimate of drug-likeness (QED) is 0.222. The molecule has 1 aliphatic rings. The van der Waals surface area contributed by atoms with Gasteiger partial charge in [0.05, 0.1) is 23.8 Å². The monoisotopic (exact) mass is 472 g/mol. The molecule has 0 saturated carbocycles. The fourth-order valence-corrected chi connectivity index (χ4v) is 6.06. The van der Waals surface area contributed by atoms with Crippen molar-refractivity contribution in [2.75, 3.05) is 12.9 Å². The number of halogens is 1. The van der Waals surface area contributed by atoms with Crippen LogP contribution in [-0.2, 0) is 28.3 Å². The van der Waals surface area contributed by atoms with Crippen LogP contribution in [0.25, 0.3) is 0 Å². The molecule has 0 aromatic carbocycles. The van der Waals surface area contributed by atoms with Crippen molar-refractivity contribution in [3.8, 4) is 0 Å². The molecule has 1 rings (SSSR count). The molecule has 6 nitrogen and oxygen atoms in total. The number of aldehydes is 1. The Balaban J connectivity index is 3.32. The molecule has 0 aromatic rings. The average molecular weight is 474 g/mol. The molecule has 0 aliphatic carbocycles. The van der Waals surface area contributed by atoms with E-state index in [2.05, 4.69) is 15.9 Å². The number of alkyl halides is 1. The van der Waals surface area contributed by atoms with Crippen molar-refractivity contribution < 1.29 is 26.6 Å². The maximum absolute atomic E-state index is 12.0. The van der Waals surface area contributed by atoms with Crippen molar-refractivity contribution >= 4 is 40.7 Å². The maximum atomic E-state index is 12.0. The summed E-state index contributed by atoms with van der Waals surface area (Å²) >= 11 is 3.67. The number of ether oxygens (including phenoxy) is 1. The fraction of sp³-hybridized carbons (Fsp3) is 0.941. The minimum atomic E-state index is -3.73. The van der Waals surface area contributed by atoms with Crippen molar-refractivity contribution in [2.24, 2.45) is 17.8 Å². The first-order chi connectivity index (χ1) is 11.6. The van der Waals surface area contributed by atoms with Crippen LogP contribution in [0.15, 0.2) is 0 Å². The van der Waals surface area contributed by atoms with E-state index in [9.17, 15) is 13.2 Å². The van der Waals surface area contributed by atoms with Gasteiger partial charge in [-0.25, -0.2) is 0 Å². The molecule has 26 heavy (non-hydrogen) atoms. The highest BCUT2D eigenvalue weighted by Gasteiger charge is 2.54. The molecule has 1 heterocycles. The van der Waals surface area contributed by atoms with E-state index in [-0.39, 0.29) is 16.7 Å². The first-order valence-electron chi connectivity index (χ1n) is 8.91. The predicted octanol–water partition coefficient (Wildman–Crippen LogP) is 3.21. The summed E-state index contributed by atoms with van der Waals surface area (Å²) in [5.74, 6) is -0.552. The molecule has 7 atom stereocenters. The van der Waals surface area contributed by atoms with E-state index in [0.717, 1.165) is 12.5 Å². The van der Waals surface area contributed by atoms with Crippen LogP contribution in [0.5, 0.6) is 0 Å². The number of rotatable bonds is 9. The Bertz CT molecular complexity index is 593. The summed E-state index contributed by atoms with van der Waals surface area (Å²) in [4.78, 5) is 11.4. The van der Waals surface area contributed by atoms with Gasteiger partial charge in [0.1, 0.15) is 18.0 Å². The standard InChI is InChI=1S/C17H33BrO6SSi/c1-11(9-19)14(24-26(6,7)8)13(3)16(23-25(5,20)21)17(4)15(18)12(2)10-22-17/h9,11-16H,10H2,1-8H3/t11-,12-,13+,14-,15+,16-,17+/m1/s1. The second-order valence-corrected chi connectivity index (χ2v) is 15.7. The van der Waals surface area contributed by atoms with Gasteiger partial charge in [0, 0.05) is 11.8 Å². The molecule has 0 radical (unpaired) electrons. The largest absolute Gasteiger partial charge is 0.414 e. The van der Waals surface area contributed by atoms with Crippen molar-refractivity contribution in [3.63, 3.8) is 0 Å². The molecule has 0 amide bonds. The molecular formula is C17H33BrO6SSi. The third-order valence-corrected chi connectivity index (χ3v) is 8.11. The van der Waals surface area contributed by atoms with Crippen LogP contribution in [0.3, 0.4) is 0 Å². The lowest BCUT2D eigenvalue weighted by Crippen LogP contribution is -2.56. The third-order valence-electron chi connectivity index (χ3n) is 4.77. The second kappa shape index (κ2) is 8.69. The smallest absolute Gasteiger partial charge is 0.264 e. The van der Waals surface area contributed by atoms with Crippen LogP contribution >= 0.6 is 15.9 Å². The lowest BCUT2D eigenvalue weighted by atomic mass is 9.80. The number of carbonyl (C=O) groups is 1. The minimum absolute atomic E-state index is 0.0803. The van der Waals surface area contributed by atoms with Gasteiger partial charge >= 0.3 is 0 Å².